The van der Waals surface area contributed by atoms with E-state index in [9.17, 15) is 18.0 Å². The van der Waals surface area contributed by atoms with Crippen molar-refractivity contribution in [2.45, 2.75) is 11.3 Å². The van der Waals surface area contributed by atoms with E-state index >= 15 is 0 Å². The van der Waals surface area contributed by atoms with E-state index in [4.69, 9.17) is 0 Å². The number of nitrogens with one attached hydrogen (secondary N) is 1. The molecule has 0 saturated carbocycles. The van der Waals surface area contributed by atoms with E-state index in [0.29, 0.717) is 18.8 Å². The molecule has 1 aliphatic rings. The SMILES string of the molecule is CN(C)S(=O)(=O)c1ccc(NC(=O)CCN2CCSC2=O)cc1. The summed E-state index contributed by atoms with van der Waals surface area (Å²) in [5, 5.41) is 2.71. The second-order valence-electron chi connectivity index (χ2n) is 5.21. The third-order valence-corrected chi connectivity index (χ3v) is 6.09. The first kappa shape index (κ1) is 17.8. The van der Waals surface area contributed by atoms with Crippen LogP contribution in [0.2, 0.25) is 0 Å². The maximum absolute atomic E-state index is 11.9. The lowest BCUT2D eigenvalue weighted by atomic mass is 10.3. The third kappa shape index (κ3) is 4.46. The molecule has 0 unspecified atom stereocenters. The van der Waals surface area contributed by atoms with E-state index in [1.165, 1.54) is 38.0 Å². The Morgan fingerprint density at radius 3 is 2.48 bits per heavy atom. The summed E-state index contributed by atoms with van der Waals surface area (Å²) in [5.74, 6) is 0.556. The van der Waals surface area contributed by atoms with Gasteiger partial charge in [0.1, 0.15) is 0 Å². The fourth-order valence-corrected chi connectivity index (χ4v) is 3.76. The van der Waals surface area contributed by atoms with Crippen molar-refractivity contribution in [2.75, 3.05) is 38.3 Å². The topological polar surface area (TPSA) is 86.8 Å². The number of carbonyl (C=O) groups is 2. The van der Waals surface area contributed by atoms with Crippen molar-refractivity contribution in [1.29, 1.82) is 0 Å². The maximum Gasteiger partial charge on any atom is 0.281 e. The van der Waals surface area contributed by atoms with Gasteiger partial charge in [-0.2, -0.15) is 0 Å². The zero-order valence-electron chi connectivity index (χ0n) is 13.0. The zero-order chi connectivity index (χ0) is 17.0. The van der Waals surface area contributed by atoms with Crippen molar-refractivity contribution in [3.63, 3.8) is 0 Å². The Kier molecular flexibility index (Phi) is 5.66. The first-order valence-electron chi connectivity index (χ1n) is 7.05. The standard InChI is InChI=1S/C14H19N3O4S2/c1-16(2)23(20,21)12-5-3-11(4-6-12)15-13(18)7-8-17-9-10-22-14(17)19/h3-6H,7-10H2,1-2H3,(H,15,18). The minimum atomic E-state index is -3.48. The van der Waals surface area contributed by atoms with Crippen molar-refractivity contribution in [3.8, 4) is 0 Å². The van der Waals surface area contributed by atoms with Gasteiger partial charge in [0.15, 0.2) is 0 Å². The van der Waals surface area contributed by atoms with Crippen LogP contribution in [0, 0.1) is 0 Å². The highest BCUT2D eigenvalue weighted by Crippen LogP contribution is 2.18. The van der Waals surface area contributed by atoms with Crippen LogP contribution in [0.5, 0.6) is 0 Å². The Hall–Kier alpha value is -1.58. The largest absolute Gasteiger partial charge is 0.332 e. The average Bonchev–Trinajstić information content (AvgIpc) is 2.91. The first-order valence-corrected chi connectivity index (χ1v) is 9.47. The quantitative estimate of drug-likeness (QED) is 0.832. The van der Waals surface area contributed by atoms with Gasteiger partial charge in [0.25, 0.3) is 5.24 Å². The molecule has 0 atom stereocenters. The lowest BCUT2D eigenvalue weighted by molar-refractivity contribution is -0.116. The third-order valence-electron chi connectivity index (χ3n) is 3.37. The Labute approximate surface area is 140 Å². The molecule has 1 N–H and O–H groups in total. The molecule has 0 radical (unpaired) electrons. The van der Waals surface area contributed by atoms with E-state index in [1.54, 1.807) is 17.0 Å². The summed E-state index contributed by atoms with van der Waals surface area (Å²) in [4.78, 5) is 25.1. The number of hydrogen-bond acceptors (Lipinski definition) is 5. The van der Waals surface area contributed by atoms with Crippen molar-refractivity contribution in [1.82, 2.24) is 9.21 Å². The average molecular weight is 357 g/mol. The smallest absolute Gasteiger partial charge is 0.281 e. The zero-order valence-corrected chi connectivity index (χ0v) is 14.6. The van der Waals surface area contributed by atoms with Crippen LogP contribution in [0.15, 0.2) is 29.2 Å². The predicted molar refractivity (Wildman–Crippen MR) is 90.0 cm³/mol. The van der Waals surface area contributed by atoms with Gasteiger partial charge in [-0.3, -0.25) is 9.59 Å². The molecule has 1 saturated heterocycles. The van der Waals surface area contributed by atoms with E-state index in [-0.39, 0.29) is 22.5 Å². The molecule has 2 amide bonds. The van der Waals surface area contributed by atoms with Crippen molar-refractivity contribution < 1.29 is 18.0 Å². The van der Waals surface area contributed by atoms with E-state index in [1.807, 2.05) is 0 Å². The van der Waals surface area contributed by atoms with Gasteiger partial charge >= 0.3 is 0 Å². The van der Waals surface area contributed by atoms with Crippen molar-refractivity contribution >= 4 is 38.6 Å². The van der Waals surface area contributed by atoms with Gasteiger partial charge in [-0.15, -0.1) is 0 Å². The van der Waals surface area contributed by atoms with Crippen LogP contribution in [0.3, 0.4) is 0 Å². The van der Waals surface area contributed by atoms with Crippen LogP contribution < -0.4 is 5.32 Å². The molecular formula is C14H19N3O4S2. The number of carbonyl (C=O) groups excluding carboxylic acids is 2. The number of anilines is 1. The Balaban J connectivity index is 1.90. The monoisotopic (exact) mass is 357 g/mol. The minimum Gasteiger partial charge on any atom is -0.332 e. The van der Waals surface area contributed by atoms with Crippen molar-refractivity contribution in [3.05, 3.63) is 24.3 Å². The van der Waals surface area contributed by atoms with Crippen LogP contribution in [-0.4, -0.2) is 61.7 Å². The van der Waals surface area contributed by atoms with Crippen LogP contribution >= 0.6 is 11.8 Å². The molecule has 7 nitrogen and oxygen atoms in total. The number of thioether (sulfide) groups is 1. The normalized spacial score (nSPS) is 15.3. The number of nitrogens with zero attached hydrogens (tertiary/aromatic N) is 2. The highest BCUT2D eigenvalue weighted by Gasteiger charge is 2.21. The van der Waals surface area contributed by atoms with Gasteiger partial charge in [0.2, 0.25) is 15.9 Å². The molecule has 1 aliphatic heterocycles. The molecule has 2 rings (SSSR count). The van der Waals surface area contributed by atoms with Gasteiger partial charge in [0, 0.05) is 45.0 Å². The van der Waals surface area contributed by atoms with Crippen LogP contribution in [0.25, 0.3) is 0 Å². The molecule has 0 aromatic heterocycles. The summed E-state index contributed by atoms with van der Waals surface area (Å²) in [6, 6.07) is 5.99. The number of benzene rings is 1. The van der Waals surface area contributed by atoms with Crippen LogP contribution in [0.4, 0.5) is 10.5 Å². The summed E-state index contributed by atoms with van der Waals surface area (Å²) < 4.78 is 25.0. The van der Waals surface area contributed by atoms with E-state index in [2.05, 4.69) is 5.32 Å². The first-order chi connectivity index (χ1) is 10.8. The molecule has 9 heteroatoms. The summed E-state index contributed by atoms with van der Waals surface area (Å²) >= 11 is 1.26. The second-order valence-corrected chi connectivity index (χ2v) is 8.41. The van der Waals surface area contributed by atoms with Gasteiger partial charge in [-0.1, -0.05) is 11.8 Å². The minimum absolute atomic E-state index is 0.0102. The lowest BCUT2D eigenvalue weighted by Crippen LogP contribution is -2.27. The molecule has 1 heterocycles. The van der Waals surface area contributed by atoms with Crippen LogP contribution in [-0.2, 0) is 14.8 Å². The molecule has 1 aromatic rings. The van der Waals surface area contributed by atoms with Crippen LogP contribution in [0.1, 0.15) is 6.42 Å². The maximum atomic E-state index is 11.9. The Morgan fingerprint density at radius 2 is 1.96 bits per heavy atom. The summed E-state index contributed by atoms with van der Waals surface area (Å²) in [6.45, 7) is 1.07. The lowest BCUT2D eigenvalue weighted by Gasteiger charge is -2.14. The Morgan fingerprint density at radius 1 is 1.30 bits per heavy atom. The fraction of sp³-hybridized carbons (Fsp3) is 0.429. The number of rotatable bonds is 6. The molecule has 0 bridgehead atoms. The molecule has 1 aromatic carbocycles. The Bertz CT molecular complexity index is 686. The van der Waals surface area contributed by atoms with Gasteiger partial charge in [-0.25, -0.2) is 12.7 Å². The predicted octanol–water partition coefficient (Wildman–Crippen LogP) is 1.43. The van der Waals surface area contributed by atoms with Crippen molar-refractivity contribution in [2.24, 2.45) is 0 Å². The van der Waals surface area contributed by atoms with Gasteiger partial charge in [-0.05, 0) is 24.3 Å². The van der Waals surface area contributed by atoms with Gasteiger partial charge < -0.3 is 10.2 Å². The molecule has 0 aliphatic carbocycles. The summed E-state index contributed by atoms with van der Waals surface area (Å²) in [5.41, 5.74) is 0.523. The van der Waals surface area contributed by atoms with Gasteiger partial charge in [0.05, 0.1) is 4.90 Å². The molecule has 23 heavy (non-hydrogen) atoms. The molecule has 126 valence electrons. The van der Waals surface area contributed by atoms with E-state index < -0.39 is 10.0 Å². The number of amides is 2. The molecule has 0 spiro atoms. The second kappa shape index (κ2) is 7.33. The highest BCUT2D eigenvalue weighted by molar-refractivity contribution is 8.13. The highest BCUT2D eigenvalue weighted by atomic mass is 32.2. The van der Waals surface area contributed by atoms with E-state index in [0.717, 1.165) is 10.1 Å². The molecule has 1 fully saturated rings. The summed E-state index contributed by atoms with van der Waals surface area (Å²) in [6.07, 6.45) is 0.212. The fourth-order valence-electron chi connectivity index (χ4n) is 2.01. The number of hydrogen-bond donors (Lipinski definition) is 1. The molecular weight excluding hydrogens is 338 g/mol. The number of sulfonamides is 1. The summed E-state index contributed by atoms with van der Waals surface area (Å²) in [7, 11) is -0.553.